The maximum absolute atomic E-state index is 11.4. The van der Waals surface area contributed by atoms with E-state index in [-0.39, 0.29) is 0 Å². The molecule has 19 heavy (non-hydrogen) atoms. The standard InChI is InChI=1S/C15H13N3O/c16-10-4-1-3-9(7-10)14-8-12-11(15(17)19)5-2-6-13(12)18-14/h1-8,18H,16H2,(H2,17,19). The summed E-state index contributed by atoms with van der Waals surface area (Å²) in [4.78, 5) is 14.7. The highest BCUT2D eigenvalue weighted by molar-refractivity contribution is 6.06. The Hall–Kier alpha value is -2.75. The number of hydrogen-bond acceptors (Lipinski definition) is 2. The molecule has 4 nitrogen and oxygen atoms in total. The third kappa shape index (κ3) is 1.93. The van der Waals surface area contributed by atoms with Gasteiger partial charge in [-0.2, -0.15) is 0 Å². The summed E-state index contributed by atoms with van der Waals surface area (Å²) < 4.78 is 0. The van der Waals surface area contributed by atoms with Crippen molar-refractivity contribution in [1.82, 2.24) is 4.98 Å². The normalized spacial score (nSPS) is 10.7. The predicted octanol–water partition coefficient (Wildman–Crippen LogP) is 2.52. The zero-order valence-corrected chi connectivity index (χ0v) is 10.2. The largest absolute Gasteiger partial charge is 0.399 e. The van der Waals surface area contributed by atoms with Crippen LogP contribution in [-0.2, 0) is 0 Å². The van der Waals surface area contributed by atoms with Crippen molar-refractivity contribution in [2.45, 2.75) is 0 Å². The number of H-pyrrole nitrogens is 1. The number of rotatable bonds is 2. The van der Waals surface area contributed by atoms with E-state index < -0.39 is 5.91 Å². The number of hydrogen-bond donors (Lipinski definition) is 3. The Morgan fingerprint density at radius 3 is 2.58 bits per heavy atom. The van der Waals surface area contributed by atoms with Crippen LogP contribution in [0.25, 0.3) is 22.2 Å². The monoisotopic (exact) mass is 251 g/mol. The molecule has 3 rings (SSSR count). The first-order chi connectivity index (χ1) is 9.15. The molecule has 94 valence electrons. The first kappa shape index (κ1) is 11.3. The summed E-state index contributed by atoms with van der Waals surface area (Å²) in [5.74, 6) is -0.427. The average Bonchev–Trinajstić information content (AvgIpc) is 2.82. The Labute approximate surface area is 110 Å². The highest BCUT2D eigenvalue weighted by Gasteiger charge is 2.10. The number of carbonyl (C=O) groups excluding carboxylic acids is 1. The van der Waals surface area contributed by atoms with Crippen molar-refractivity contribution < 1.29 is 4.79 Å². The number of fused-ring (bicyclic) bond motifs is 1. The second kappa shape index (κ2) is 4.17. The fraction of sp³-hybridized carbons (Fsp3) is 0. The Bertz CT molecular complexity index is 774. The van der Waals surface area contributed by atoms with Gasteiger partial charge in [-0.05, 0) is 35.9 Å². The van der Waals surface area contributed by atoms with E-state index in [0.29, 0.717) is 11.3 Å². The molecule has 0 atom stereocenters. The van der Waals surface area contributed by atoms with E-state index in [9.17, 15) is 4.79 Å². The molecule has 0 radical (unpaired) electrons. The molecule has 0 saturated heterocycles. The molecule has 2 aromatic carbocycles. The van der Waals surface area contributed by atoms with Crippen molar-refractivity contribution in [2.75, 3.05) is 5.73 Å². The number of anilines is 1. The van der Waals surface area contributed by atoms with Gasteiger partial charge in [0.2, 0.25) is 5.91 Å². The third-order valence-corrected chi connectivity index (χ3v) is 3.13. The average molecular weight is 251 g/mol. The minimum absolute atomic E-state index is 0.427. The second-order valence-electron chi connectivity index (χ2n) is 4.44. The van der Waals surface area contributed by atoms with Crippen LogP contribution in [0.3, 0.4) is 0 Å². The summed E-state index contributed by atoms with van der Waals surface area (Å²) in [5, 5.41) is 0.826. The Kier molecular flexibility index (Phi) is 2.49. The maximum Gasteiger partial charge on any atom is 0.249 e. The van der Waals surface area contributed by atoms with E-state index in [1.807, 2.05) is 42.5 Å². The van der Waals surface area contributed by atoms with Crippen LogP contribution in [0.1, 0.15) is 10.4 Å². The molecule has 1 aromatic heterocycles. The molecule has 0 aliphatic heterocycles. The van der Waals surface area contributed by atoms with Gasteiger partial charge in [0, 0.05) is 27.8 Å². The maximum atomic E-state index is 11.4. The lowest BCUT2D eigenvalue weighted by Crippen LogP contribution is -2.10. The van der Waals surface area contributed by atoms with Crippen molar-refractivity contribution in [3.05, 3.63) is 54.1 Å². The van der Waals surface area contributed by atoms with Gasteiger partial charge in [0.15, 0.2) is 0 Å². The number of nitrogen functional groups attached to an aromatic ring is 1. The van der Waals surface area contributed by atoms with Crippen molar-refractivity contribution >= 4 is 22.5 Å². The number of nitrogens with two attached hydrogens (primary N) is 2. The molecular formula is C15H13N3O. The van der Waals surface area contributed by atoms with Gasteiger partial charge >= 0.3 is 0 Å². The van der Waals surface area contributed by atoms with E-state index in [2.05, 4.69) is 4.98 Å². The van der Waals surface area contributed by atoms with Crippen LogP contribution in [0.2, 0.25) is 0 Å². The summed E-state index contributed by atoms with van der Waals surface area (Å²) in [5.41, 5.74) is 15.2. The molecule has 0 bridgehead atoms. The Morgan fingerprint density at radius 2 is 1.84 bits per heavy atom. The van der Waals surface area contributed by atoms with Gasteiger partial charge in [0.05, 0.1) is 0 Å². The molecule has 0 aliphatic rings. The summed E-state index contributed by atoms with van der Waals surface area (Å²) in [6.45, 7) is 0. The number of primary amides is 1. The summed E-state index contributed by atoms with van der Waals surface area (Å²) >= 11 is 0. The van der Waals surface area contributed by atoms with Crippen molar-refractivity contribution in [3.8, 4) is 11.3 Å². The van der Waals surface area contributed by atoms with Crippen LogP contribution in [0, 0.1) is 0 Å². The first-order valence-electron chi connectivity index (χ1n) is 5.92. The summed E-state index contributed by atoms with van der Waals surface area (Å²) in [6, 6.07) is 14.9. The van der Waals surface area contributed by atoms with E-state index >= 15 is 0 Å². The molecule has 0 aliphatic carbocycles. The minimum Gasteiger partial charge on any atom is -0.399 e. The lowest BCUT2D eigenvalue weighted by molar-refractivity contribution is 0.100. The van der Waals surface area contributed by atoms with Crippen LogP contribution in [0.5, 0.6) is 0 Å². The van der Waals surface area contributed by atoms with Gasteiger partial charge < -0.3 is 16.5 Å². The lowest BCUT2D eigenvalue weighted by Gasteiger charge is -1.98. The fourth-order valence-electron chi connectivity index (χ4n) is 2.23. The molecule has 0 spiro atoms. The summed E-state index contributed by atoms with van der Waals surface area (Å²) in [7, 11) is 0. The van der Waals surface area contributed by atoms with Crippen LogP contribution >= 0.6 is 0 Å². The van der Waals surface area contributed by atoms with Gasteiger partial charge in [0.25, 0.3) is 0 Å². The molecule has 5 N–H and O–H groups in total. The van der Waals surface area contributed by atoms with Crippen molar-refractivity contribution in [2.24, 2.45) is 5.73 Å². The van der Waals surface area contributed by atoms with Crippen LogP contribution < -0.4 is 11.5 Å². The molecule has 3 aromatic rings. The van der Waals surface area contributed by atoms with Crippen LogP contribution in [0.15, 0.2) is 48.5 Å². The van der Waals surface area contributed by atoms with E-state index in [4.69, 9.17) is 11.5 Å². The number of amides is 1. The molecule has 4 heteroatoms. The van der Waals surface area contributed by atoms with Crippen molar-refractivity contribution in [1.29, 1.82) is 0 Å². The second-order valence-corrected chi connectivity index (χ2v) is 4.44. The van der Waals surface area contributed by atoms with Gasteiger partial charge in [-0.25, -0.2) is 0 Å². The quantitative estimate of drug-likeness (QED) is 0.611. The van der Waals surface area contributed by atoms with E-state index in [0.717, 1.165) is 22.2 Å². The van der Waals surface area contributed by atoms with Gasteiger partial charge in [-0.1, -0.05) is 18.2 Å². The fourth-order valence-corrected chi connectivity index (χ4v) is 2.23. The molecule has 0 fully saturated rings. The van der Waals surface area contributed by atoms with Crippen LogP contribution in [-0.4, -0.2) is 10.9 Å². The molecule has 0 saturated carbocycles. The van der Waals surface area contributed by atoms with E-state index in [1.165, 1.54) is 0 Å². The van der Waals surface area contributed by atoms with Crippen LogP contribution in [0.4, 0.5) is 5.69 Å². The molecule has 0 unspecified atom stereocenters. The van der Waals surface area contributed by atoms with Gasteiger partial charge in [0.1, 0.15) is 0 Å². The third-order valence-electron chi connectivity index (χ3n) is 3.13. The highest BCUT2D eigenvalue weighted by atomic mass is 16.1. The topological polar surface area (TPSA) is 84.9 Å². The Morgan fingerprint density at radius 1 is 1.05 bits per heavy atom. The number of aromatic amines is 1. The first-order valence-corrected chi connectivity index (χ1v) is 5.92. The molecule has 1 heterocycles. The minimum atomic E-state index is -0.427. The van der Waals surface area contributed by atoms with Gasteiger partial charge in [-0.3, -0.25) is 4.79 Å². The van der Waals surface area contributed by atoms with Gasteiger partial charge in [-0.15, -0.1) is 0 Å². The molecular weight excluding hydrogens is 238 g/mol. The number of aromatic nitrogens is 1. The zero-order valence-electron chi connectivity index (χ0n) is 10.2. The lowest BCUT2D eigenvalue weighted by atomic mass is 10.1. The SMILES string of the molecule is NC(=O)c1cccc2[nH]c(-c3cccc(N)c3)cc12. The zero-order chi connectivity index (χ0) is 13.4. The highest BCUT2D eigenvalue weighted by Crippen LogP contribution is 2.27. The van der Waals surface area contributed by atoms with E-state index in [1.54, 1.807) is 6.07 Å². The van der Waals surface area contributed by atoms with Crippen molar-refractivity contribution in [3.63, 3.8) is 0 Å². The predicted molar refractivity (Wildman–Crippen MR) is 76.7 cm³/mol. The number of benzene rings is 2. The number of carbonyl (C=O) groups is 1. The number of nitrogens with one attached hydrogen (secondary N) is 1. The summed E-state index contributed by atoms with van der Waals surface area (Å²) in [6.07, 6.45) is 0. The molecule has 1 amide bonds. The smallest absolute Gasteiger partial charge is 0.249 e. The Balaban J connectivity index is 2.22.